The van der Waals surface area contributed by atoms with Crippen LogP contribution in [-0.2, 0) is 16.1 Å². The molecule has 3 aromatic carbocycles. The molecule has 32 heavy (non-hydrogen) atoms. The van der Waals surface area contributed by atoms with Gasteiger partial charge in [0, 0.05) is 17.3 Å². The number of halogens is 1. The van der Waals surface area contributed by atoms with E-state index in [9.17, 15) is 18.8 Å². The second-order valence-electron chi connectivity index (χ2n) is 7.17. The third-order valence-electron chi connectivity index (χ3n) is 4.89. The van der Waals surface area contributed by atoms with Gasteiger partial charge in [-0.05, 0) is 42.0 Å². The zero-order valence-electron chi connectivity index (χ0n) is 17.0. The number of carbonyl (C=O) groups is 3. The van der Waals surface area contributed by atoms with Crippen LogP contribution >= 0.6 is 0 Å². The first-order valence-electron chi connectivity index (χ1n) is 9.94. The lowest BCUT2D eigenvalue weighted by Gasteiger charge is -2.29. The van der Waals surface area contributed by atoms with E-state index in [-0.39, 0.29) is 37.3 Å². The summed E-state index contributed by atoms with van der Waals surface area (Å²) in [6.07, 6.45) is 0. The van der Waals surface area contributed by atoms with E-state index in [1.54, 1.807) is 65.6 Å². The van der Waals surface area contributed by atoms with Gasteiger partial charge in [0.05, 0.1) is 18.8 Å². The highest BCUT2D eigenvalue weighted by atomic mass is 19.1. The number of hydrogen-bond acceptors (Lipinski definition) is 4. The summed E-state index contributed by atoms with van der Waals surface area (Å²) in [5, 5.41) is 5.27. The van der Waals surface area contributed by atoms with Crippen molar-refractivity contribution in [3.63, 3.8) is 0 Å². The fourth-order valence-electron chi connectivity index (χ4n) is 3.29. The molecular formula is C24H20FN3O4. The summed E-state index contributed by atoms with van der Waals surface area (Å²) < 4.78 is 18.7. The van der Waals surface area contributed by atoms with Gasteiger partial charge in [0.2, 0.25) is 5.91 Å². The zero-order valence-corrected chi connectivity index (χ0v) is 17.0. The van der Waals surface area contributed by atoms with Gasteiger partial charge < -0.3 is 20.3 Å². The lowest BCUT2D eigenvalue weighted by atomic mass is 10.1. The lowest BCUT2D eigenvalue weighted by Crippen LogP contribution is -2.38. The van der Waals surface area contributed by atoms with E-state index < -0.39 is 5.91 Å². The molecule has 7 nitrogen and oxygen atoms in total. The summed E-state index contributed by atoms with van der Waals surface area (Å²) in [4.78, 5) is 38.2. The molecular weight excluding hydrogens is 413 g/mol. The van der Waals surface area contributed by atoms with Crippen LogP contribution in [0, 0.1) is 5.82 Å². The van der Waals surface area contributed by atoms with Gasteiger partial charge in [-0.1, -0.05) is 30.3 Å². The van der Waals surface area contributed by atoms with Crippen LogP contribution in [0.25, 0.3) is 0 Å². The molecule has 0 radical (unpaired) electrons. The Kier molecular flexibility index (Phi) is 6.12. The first-order chi connectivity index (χ1) is 15.5. The highest BCUT2D eigenvalue weighted by Crippen LogP contribution is 2.35. The topological polar surface area (TPSA) is 87.7 Å². The van der Waals surface area contributed by atoms with Crippen molar-refractivity contribution >= 4 is 29.1 Å². The summed E-state index contributed by atoms with van der Waals surface area (Å²) in [7, 11) is 0. The van der Waals surface area contributed by atoms with Crippen LogP contribution < -0.4 is 20.3 Å². The molecule has 2 N–H and O–H groups in total. The number of ether oxygens (including phenoxy) is 1. The first kappa shape index (κ1) is 21.0. The molecule has 0 atom stereocenters. The van der Waals surface area contributed by atoms with E-state index in [1.807, 2.05) is 0 Å². The van der Waals surface area contributed by atoms with Crippen molar-refractivity contribution in [3.05, 3.63) is 89.7 Å². The molecule has 0 spiro atoms. The number of amides is 3. The van der Waals surface area contributed by atoms with Gasteiger partial charge in [-0.15, -0.1) is 0 Å². The SMILES string of the molecule is O=C(CNC(=O)c1ccccc1)Nc1ccc2c(c1)OCC(=O)N2Cc1ccc(F)cc1. The minimum absolute atomic E-state index is 0.140. The number of anilines is 2. The van der Waals surface area contributed by atoms with Crippen molar-refractivity contribution in [2.45, 2.75) is 6.54 Å². The van der Waals surface area contributed by atoms with Crippen molar-refractivity contribution < 1.29 is 23.5 Å². The van der Waals surface area contributed by atoms with Crippen molar-refractivity contribution in [1.29, 1.82) is 0 Å². The Hall–Kier alpha value is -4.20. The fourth-order valence-corrected chi connectivity index (χ4v) is 3.29. The Morgan fingerprint density at radius 2 is 1.75 bits per heavy atom. The molecule has 8 heteroatoms. The number of hydrogen-bond donors (Lipinski definition) is 2. The van der Waals surface area contributed by atoms with E-state index in [2.05, 4.69) is 10.6 Å². The standard InChI is InChI=1S/C24H20FN3O4/c25-18-8-6-16(7-9-18)14-28-20-11-10-19(12-21(20)32-15-23(28)30)27-22(29)13-26-24(31)17-4-2-1-3-5-17/h1-12H,13-15H2,(H,26,31)(H,27,29). The molecule has 1 heterocycles. The predicted octanol–water partition coefficient (Wildman–Crippen LogP) is 3.12. The average molecular weight is 433 g/mol. The van der Waals surface area contributed by atoms with E-state index in [4.69, 9.17) is 4.74 Å². The third-order valence-corrected chi connectivity index (χ3v) is 4.89. The molecule has 3 amide bonds. The number of nitrogens with one attached hydrogen (secondary N) is 2. The van der Waals surface area contributed by atoms with E-state index in [1.165, 1.54) is 12.1 Å². The second-order valence-corrected chi connectivity index (χ2v) is 7.17. The smallest absolute Gasteiger partial charge is 0.265 e. The Morgan fingerprint density at radius 3 is 2.50 bits per heavy atom. The average Bonchev–Trinajstić information content (AvgIpc) is 2.81. The van der Waals surface area contributed by atoms with Crippen LogP contribution in [0.4, 0.5) is 15.8 Å². The fraction of sp³-hybridized carbons (Fsp3) is 0.125. The van der Waals surface area contributed by atoms with Gasteiger partial charge in [0.1, 0.15) is 11.6 Å². The Morgan fingerprint density at radius 1 is 1.00 bits per heavy atom. The van der Waals surface area contributed by atoms with Gasteiger partial charge in [-0.25, -0.2) is 4.39 Å². The van der Waals surface area contributed by atoms with E-state index >= 15 is 0 Å². The number of fused-ring (bicyclic) bond motifs is 1. The summed E-state index contributed by atoms with van der Waals surface area (Å²) in [5.74, 6) is -0.864. The molecule has 0 bridgehead atoms. The molecule has 0 saturated carbocycles. The third kappa shape index (κ3) is 4.92. The van der Waals surface area contributed by atoms with Crippen molar-refractivity contribution in [2.75, 3.05) is 23.4 Å². The minimum atomic E-state index is -0.399. The maximum absolute atomic E-state index is 13.2. The Labute approximate surface area is 183 Å². The van der Waals surface area contributed by atoms with E-state index in [0.717, 1.165) is 5.56 Å². The second kappa shape index (κ2) is 9.30. The highest BCUT2D eigenvalue weighted by Gasteiger charge is 2.26. The Bertz CT molecular complexity index is 1150. The molecule has 0 aliphatic carbocycles. The molecule has 0 fully saturated rings. The summed E-state index contributed by atoms with van der Waals surface area (Å²) in [6, 6.07) is 19.5. The first-order valence-corrected chi connectivity index (χ1v) is 9.94. The van der Waals surface area contributed by atoms with Crippen LogP contribution in [0.2, 0.25) is 0 Å². The lowest BCUT2D eigenvalue weighted by molar-refractivity contribution is -0.121. The van der Waals surface area contributed by atoms with Crippen LogP contribution in [0.1, 0.15) is 15.9 Å². The maximum atomic E-state index is 13.2. The summed E-state index contributed by atoms with van der Waals surface area (Å²) in [6.45, 7) is -0.0632. The number of benzene rings is 3. The molecule has 1 aliphatic rings. The number of carbonyl (C=O) groups excluding carboxylic acids is 3. The predicted molar refractivity (Wildman–Crippen MR) is 117 cm³/mol. The monoisotopic (exact) mass is 433 g/mol. The van der Waals surface area contributed by atoms with Crippen LogP contribution in [-0.4, -0.2) is 30.9 Å². The molecule has 0 saturated heterocycles. The number of nitrogens with zero attached hydrogens (tertiary/aromatic N) is 1. The van der Waals surface area contributed by atoms with Gasteiger partial charge >= 0.3 is 0 Å². The molecule has 3 aromatic rings. The van der Waals surface area contributed by atoms with E-state index in [0.29, 0.717) is 22.7 Å². The van der Waals surface area contributed by atoms with Gasteiger partial charge in [0.25, 0.3) is 11.8 Å². The summed E-state index contributed by atoms with van der Waals surface area (Å²) >= 11 is 0. The number of rotatable bonds is 6. The van der Waals surface area contributed by atoms with Gasteiger partial charge in [-0.2, -0.15) is 0 Å². The van der Waals surface area contributed by atoms with Crippen LogP contribution in [0.5, 0.6) is 5.75 Å². The van der Waals surface area contributed by atoms with Crippen molar-refractivity contribution in [2.24, 2.45) is 0 Å². The Balaban J connectivity index is 1.40. The maximum Gasteiger partial charge on any atom is 0.265 e. The largest absolute Gasteiger partial charge is 0.481 e. The van der Waals surface area contributed by atoms with Gasteiger partial charge in [-0.3, -0.25) is 14.4 Å². The van der Waals surface area contributed by atoms with Gasteiger partial charge in [0.15, 0.2) is 6.61 Å². The summed E-state index contributed by atoms with van der Waals surface area (Å²) in [5.41, 5.74) is 2.27. The zero-order chi connectivity index (χ0) is 22.5. The molecule has 162 valence electrons. The molecule has 4 rings (SSSR count). The normalized spacial score (nSPS) is 12.5. The minimum Gasteiger partial charge on any atom is -0.481 e. The quantitative estimate of drug-likeness (QED) is 0.625. The van der Waals surface area contributed by atoms with Crippen LogP contribution in [0.15, 0.2) is 72.8 Å². The molecule has 0 unspecified atom stereocenters. The van der Waals surface area contributed by atoms with Crippen molar-refractivity contribution in [3.8, 4) is 5.75 Å². The van der Waals surface area contributed by atoms with Crippen molar-refractivity contribution in [1.82, 2.24) is 5.32 Å². The molecule has 0 aromatic heterocycles. The van der Waals surface area contributed by atoms with Crippen LogP contribution in [0.3, 0.4) is 0 Å². The molecule has 1 aliphatic heterocycles. The highest BCUT2D eigenvalue weighted by molar-refractivity contribution is 6.01.